The Morgan fingerprint density at radius 2 is 2.24 bits per heavy atom. The first kappa shape index (κ1) is 14.5. The van der Waals surface area contributed by atoms with Crippen LogP contribution >= 0.6 is 11.6 Å². The van der Waals surface area contributed by atoms with Crippen molar-refractivity contribution in [3.8, 4) is 11.6 Å². The number of oxime groups is 1. The van der Waals surface area contributed by atoms with Crippen LogP contribution in [0.1, 0.15) is 5.56 Å². The van der Waals surface area contributed by atoms with Gasteiger partial charge in [0.15, 0.2) is 5.84 Å². The van der Waals surface area contributed by atoms with Crippen molar-refractivity contribution in [1.82, 2.24) is 10.2 Å². The van der Waals surface area contributed by atoms with Crippen LogP contribution < -0.4 is 10.5 Å². The smallest absolute Gasteiger partial charge is 0.271 e. The molecule has 0 fully saturated rings. The summed E-state index contributed by atoms with van der Waals surface area (Å²) in [6.45, 7) is 0. The first-order valence-electron chi connectivity index (χ1n) is 5.44. The largest absolute Gasteiger partial charge is 0.435 e. The van der Waals surface area contributed by atoms with Crippen LogP contribution in [0.5, 0.6) is 11.6 Å². The number of non-ortho nitro benzene ring substituents is 1. The number of rotatable bonds is 4. The summed E-state index contributed by atoms with van der Waals surface area (Å²) in [6, 6.07) is 5.10. The van der Waals surface area contributed by atoms with Gasteiger partial charge in [-0.05, 0) is 12.1 Å². The summed E-state index contributed by atoms with van der Waals surface area (Å²) in [5.74, 6) is -0.156. The average Bonchev–Trinajstić information content (AvgIpc) is 2.49. The van der Waals surface area contributed by atoms with E-state index in [0.29, 0.717) is 0 Å². The molecule has 0 aliphatic carbocycles. The van der Waals surface area contributed by atoms with E-state index in [1.54, 1.807) is 0 Å². The molecule has 0 amide bonds. The molecule has 0 radical (unpaired) electrons. The molecule has 0 saturated carbocycles. The molecule has 3 N–H and O–H groups in total. The average molecular weight is 310 g/mol. The molecule has 9 nitrogen and oxygen atoms in total. The second-order valence-electron chi connectivity index (χ2n) is 3.71. The monoisotopic (exact) mass is 309 g/mol. The summed E-state index contributed by atoms with van der Waals surface area (Å²) >= 11 is 5.90. The highest BCUT2D eigenvalue weighted by Crippen LogP contribution is 2.32. The Bertz CT molecular complexity index is 722. The van der Waals surface area contributed by atoms with Gasteiger partial charge < -0.3 is 15.7 Å². The molecule has 0 saturated heterocycles. The minimum absolute atomic E-state index is 0.0142. The lowest BCUT2D eigenvalue weighted by Gasteiger charge is -2.09. The van der Waals surface area contributed by atoms with Gasteiger partial charge in [-0.15, -0.1) is 5.10 Å². The molecule has 1 aromatic carbocycles. The number of nitrogens with zero attached hydrogens (tertiary/aromatic N) is 4. The predicted molar refractivity (Wildman–Crippen MR) is 72.7 cm³/mol. The lowest BCUT2D eigenvalue weighted by Crippen LogP contribution is -2.15. The van der Waals surface area contributed by atoms with Gasteiger partial charge >= 0.3 is 0 Å². The number of hydrogen-bond acceptors (Lipinski definition) is 7. The Morgan fingerprint density at radius 1 is 1.48 bits per heavy atom. The first-order chi connectivity index (χ1) is 10.0. The van der Waals surface area contributed by atoms with E-state index in [4.69, 9.17) is 27.3 Å². The number of amidine groups is 1. The van der Waals surface area contributed by atoms with Gasteiger partial charge in [0.2, 0.25) is 5.88 Å². The lowest BCUT2D eigenvalue weighted by atomic mass is 10.2. The molecule has 2 rings (SSSR count). The van der Waals surface area contributed by atoms with Crippen LogP contribution in [0.3, 0.4) is 0 Å². The Morgan fingerprint density at radius 3 is 2.86 bits per heavy atom. The molecule has 21 heavy (non-hydrogen) atoms. The lowest BCUT2D eigenvalue weighted by molar-refractivity contribution is -0.384. The second-order valence-corrected chi connectivity index (χ2v) is 4.12. The fourth-order valence-electron chi connectivity index (χ4n) is 1.43. The first-order valence-corrected chi connectivity index (χ1v) is 5.82. The standard InChI is InChI=1S/C11H8ClN5O4/c12-8-5-6(17(19)20)1-2-9(8)21-11-7(10(13)16-18)3-4-14-15-11/h1-5,18H,(H2,13,16). The molecule has 0 bridgehead atoms. The molecule has 1 aromatic heterocycles. The van der Waals surface area contributed by atoms with E-state index >= 15 is 0 Å². The molecule has 1 heterocycles. The van der Waals surface area contributed by atoms with E-state index in [-0.39, 0.29) is 33.7 Å². The number of aromatic nitrogens is 2. The summed E-state index contributed by atoms with van der Waals surface area (Å²) in [5, 5.41) is 29.5. The van der Waals surface area contributed by atoms with E-state index in [1.807, 2.05) is 0 Å². The fourth-order valence-corrected chi connectivity index (χ4v) is 1.65. The molecule has 0 spiro atoms. The van der Waals surface area contributed by atoms with Crippen LogP contribution in [0, 0.1) is 10.1 Å². The normalized spacial score (nSPS) is 11.2. The molecule has 0 atom stereocenters. The van der Waals surface area contributed by atoms with Crippen LogP contribution in [-0.4, -0.2) is 26.2 Å². The minimum atomic E-state index is -0.584. The molecule has 108 valence electrons. The summed E-state index contributed by atoms with van der Waals surface area (Å²) in [6.07, 6.45) is 1.33. The number of nitro benzene ring substituents is 1. The molecule has 0 aliphatic heterocycles. The van der Waals surface area contributed by atoms with Crippen LogP contribution in [0.4, 0.5) is 5.69 Å². The maximum absolute atomic E-state index is 10.6. The van der Waals surface area contributed by atoms with Crippen molar-refractivity contribution in [3.63, 3.8) is 0 Å². The molecule has 10 heteroatoms. The molecule has 0 aliphatic rings. The van der Waals surface area contributed by atoms with Gasteiger partial charge in [0.25, 0.3) is 5.69 Å². The highest BCUT2D eigenvalue weighted by molar-refractivity contribution is 6.32. The van der Waals surface area contributed by atoms with Gasteiger partial charge in [0.05, 0.1) is 21.7 Å². The second kappa shape index (κ2) is 6.01. The minimum Gasteiger partial charge on any atom is -0.435 e. The predicted octanol–water partition coefficient (Wildman–Crippen LogP) is 1.92. The third-order valence-corrected chi connectivity index (χ3v) is 2.70. The van der Waals surface area contributed by atoms with Gasteiger partial charge in [0.1, 0.15) is 5.75 Å². The van der Waals surface area contributed by atoms with Gasteiger partial charge in [-0.2, -0.15) is 5.10 Å². The maximum atomic E-state index is 10.6. The highest BCUT2D eigenvalue weighted by Gasteiger charge is 2.15. The molecule has 2 aromatic rings. The number of nitrogens with two attached hydrogens (primary N) is 1. The maximum Gasteiger partial charge on any atom is 0.271 e. The topological polar surface area (TPSA) is 137 Å². The van der Waals surface area contributed by atoms with Crippen LogP contribution in [0.25, 0.3) is 0 Å². The van der Waals surface area contributed by atoms with Crippen molar-refractivity contribution in [2.75, 3.05) is 0 Å². The Hall–Kier alpha value is -2.94. The zero-order valence-corrected chi connectivity index (χ0v) is 11.1. The zero-order chi connectivity index (χ0) is 15.4. The number of ether oxygens (including phenoxy) is 1. The Balaban J connectivity index is 2.37. The number of halogens is 1. The summed E-state index contributed by atoms with van der Waals surface area (Å²) in [4.78, 5) is 10.0. The van der Waals surface area contributed by atoms with Gasteiger partial charge in [0, 0.05) is 12.1 Å². The van der Waals surface area contributed by atoms with Gasteiger partial charge in [-0.3, -0.25) is 10.1 Å². The summed E-state index contributed by atoms with van der Waals surface area (Å²) in [5.41, 5.74) is 5.50. The van der Waals surface area contributed by atoms with Crippen molar-refractivity contribution in [3.05, 3.63) is 51.2 Å². The molecule has 0 unspecified atom stereocenters. The van der Waals surface area contributed by atoms with E-state index in [0.717, 1.165) is 6.07 Å². The highest BCUT2D eigenvalue weighted by atomic mass is 35.5. The molecular weight excluding hydrogens is 302 g/mol. The van der Waals surface area contributed by atoms with Crippen molar-refractivity contribution in [2.45, 2.75) is 0 Å². The van der Waals surface area contributed by atoms with Crippen LogP contribution in [-0.2, 0) is 0 Å². The quantitative estimate of drug-likeness (QED) is 0.289. The molecular formula is C11H8ClN5O4. The van der Waals surface area contributed by atoms with Gasteiger partial charge in [-0.25, -0.2) is 0 Å². The number of nitro groups is 1. The number of benzene rings is 1. The van der Waals surface area contributed by atoms with Crippen molar-refractivity contribution < 1.29 is 14.9 Å². The van der Waals surface area contributed by atoms with Crippen molar-refractivity contribution in [1.29, 1.82) is 0 Å². The van der Waals surface area contributed by atoms with Crippen LogP contribution in [0.2, 0.25) is 5.02 Å². The third-order valence-electron chi connectivity index (χ3n) is 2.40. The summed E-state index contributed by atoms with van der Waals surface area (Å²) in [7, 11) is 0. The van der Waals surface area contributed by atoms with E-state index in [2.05, 4.69) is 15.4 Å². The zero-order valence-electron chi connectivity index (χ0n) is 10.3. The SMILES string of the molecule is N/C(=N/O)c1ccnnc1Oc1ccc([N+](=O)[O-])cc1Cl. The van der Waals surface area contributed by atoms with E-state index in [1.165, 1.54) is 24.4 Å². The Labute approximate surface area is 122 Å². The van der Waals surface area contributed by atoms with Crippen molar-refractivity contribution >= 4 is 23.1 Å². The third kappa shape index (κ3) is 3.15. The number of hydrogen-bond donors (Lipinski definition) is 2. The Kier molecular flexibility index (Phi) is 4.14. The van der Waals surface area contributed by atoms with E-state index < -0.39 is 4.92 Å². The van der Waals surface area contributed by atoms with Crippen LogP contribution in [0.15, 0.2) is 35.6 Å². The van der Waals surface area contributed by atoms with Crippen molar-refractivity contribution in [2.24, 2.45) is 10.9 Å². The van der Waals surface area contributed by atoms with E-state index in [9.17, 15) is 10.1 Å². The fraction of sp³-hybridized carbons (Fsp3) is 0. The summed E-state index contributed by atoms with van der Waals surface area (Å²) < 4.78 is 5.40. The van der Waals surface area contributed by atoms with Gasteiger partial charge in [-0.1, -0.05) is 16.8 Å².